The van der Waals surface area contributed by atoms with E-state index in [1.165, 1.54) is 0 Å². The second-order valence-electron chi connectivity index (χ2n) is 4.34. The van der Waals surface area contributed by atoms with E-state index in [9.17, 15) is 4.79 Å². The van der Waals surface area contributed by atoms with Crippen LogP contribution in [-0.2, 0) is 22.5 Å². The molecule has 6 nitrogen and oxygen atoms in total. The van der Waals surface area contributed by atoms with Crippen LogP contribution in [0.3, 0.4) is 0 Å². The van der Waals surface area contributed by atoms with Crippen molar-refractivity contribution in [2.45, 2.75) is 32.7 Å². The highest BCUT2D eigenvalue weighted by Crippen LogP contribution is 2.24. The summed E-state index contributed by atoms with van der Waals surface area (Å²) in [5.74, 6) is 0.582. The van der Waals surface area contributed by atoms with Crippen LogP contribution >= 0.6 is 11.6 Å². The first-order chi connectivity index (χ1) is 9.01. The highest BCUT2D eigenvalue weighted by atomic mass is 35.5. The van der Waals surface area contributed by atoms with Gasteiger partial charge in [-0.3, -0.25) is 9.25 Å². The third-order valence-corrected chi connectivity index (χ3v) is 3.28. The highest BCUT2D eigenvalue weighted by molar-refractivity contribution is 6.16. The second kappa shape index (κ2) is 5.21. The Hall–Kier alpha value is -1.56. The van der Waals surface area contributed by atoms with Gasteiger partial charge in [0.1, 0.15) is 17.4 Å². The number of halogens is 1. The van der Waals surface area contributed by atoms with Gasteiger partial charge in [-0.15, -0.1) is 11.6 Å². The molecule has 0 amide bonds. The number of hydrogen-bond acceptors (Lipinski definition) is 4. The SMILES string of the molecule is CCOC(=O)C(C)n1c(CCl)nc2c(C)nn(C)c21. The smallest absolute Gasteiger partial charge is 0.328 e. The Morgan fingerprint density at radius 1 is 1.53 bits per heavy atom. The van der Waals surface area contributed by atoms with Gasteiger partial charge < -0.3 is 4.74 Å². The lowest BCUT2D eigenvalue weighted by molar-refractivity contribution is -0.146. The molecule has 0 aliphatic heterocycles. The van der Waals surface area contributed by atoms with Crippen LogP contribution < -0.4 is 0 Å². The van der Waals surface area contributed by atoms with Gasteiger partial charge in [0.05, 0.1) is 18.2 Å². The highest BCUT2D eigenvalue weighted by Gasteiger charge is 2.25. The van der Waals surface area contributed by atoms with E-state index in [4.69, 9.17) is 16.3 Å². The maximum absolute atomic E-state index is 11.9. The van der Waals surface area contributed by atoms with E-state index in [1.807, 2.05) is 14.0 Å². The average Bonchev–Trinajstić information content (AvgIpc) is 2.88. The number of carbonyl (C=O) groups excluding carboxylic acids is 1. The minimum Gasteiger partial charge on any atom is -0.464 e. The Morgan fingerprint density at radius 3 is 2.79 bits per heavy atom. The van der Waals surface area contributed by atoms with Gasteiger partial charge in [-0.2, -0.15) is 5.10 Å². The topological polar surface area (TPSA) is 61.9 Å². The van der Waals surface area contributed by atoms with Crippen LogP contribution in [0, 0.1) is 6.92 Å². The number of fused-ring (bicyclic) bond motifs is 1. The van der Waals surface area contributed by atoms with E-state index in [1.54, 1.807) is 23.1 Å². The molecule has 7 heteroatoms. The van der Waals surface area contributed by atoms with Crippen LogP contribution in [0.15, 0.2) is 0 Å². The van der Waals surface area contributed by atoms with Crippen molar-refractivity contribution in [1.82, 2.24) is 19.3 Å². The summed E-state index contributed by atoms with van der Waals surface area (Å²) in [4.78, 5) is 16.4. The second-order valence-corrected chi connectivity index (χ2v) is 4.61. The summed E-state index contributed by atoms with van der Waals surface area (Å²) < 4.78 is 8.57. The average molecular weight is 285 g/mol. The molecule has 1 unspecified atom stereocenters. The van der Waals surface area contributed by atoms with Crippen molar-refractivity contribution in [3.8, 4) is 0 Å². The molecule has 0 fully saturated rings. The molecular formula is C12H17ClN4O2. The van der Waals surface area contributed by atoms with Crippen molar-refractivity contribution in [3.63, 3.8) is 0 Å². The molecule has 0 aromatic carbocycles. The number of aromatic nitrogens is 4. The molecule has 0 spiro atoms. The molecule has 0 radical (unpaired) electrons. The van der Waals surface area contributed by atoms with Gasteiger partial charge in [-0.05, 0) is 20.8 Å². The van der Waals surface area contributed by atoms with Crippen molar-refractivity contribution in [3.05, 3.63) is 11.5 Å². The van der Waals surface area contributed by atoms with Crippen LogP contribution in [0.25, 0.3) is 11.2 Å². The van der Waals surface area contributed by atoms with Gasteiger partial charge in [0.15, 0.2) is 5.65 Å². The fourth-order valence-electron chi connectivity index (χ4n) is 2.21. The molecule has 0 bridgehead atoms. The lowest BCUT2D eigenvalue weighted by Gasteiger charge is -2.15. The Kier molecular flexibility index (Phi) is 3.80. The standard InChI is InChI=1S/C12H17ClN4O2/c1-5-19-12(18)8(3)17-9(6-13)14-10-7(2)15-16(4)11(10)17/h8H,5-6H2,1-4H3. The predicted octanol–water partition coefficient (Wildman–Crippen LogP) is 1.94. The Morgan fingerprint density at radius 2 is 2.21 bits per heavy atom. The summed E-state index contributed by atoms with van der Waals surface area (Å²) >= 11 is 5.93. The molecule has 2 rings (SSSR count). The summed E-state index contributed by atoms with van der Waals surface area (Å²) in [5, 5.41) is 4.31. The molecule has 19 heavy (non-hydrogen) atoms. The van der Waals surface area contributed by atoms with Gasteiger partial charge in [0, 0.05) is 7.05 Å². The number of imidazole rings is 1. The minimum absolute atomic E-state index is 0.234. The number of alkyl halides is 1. The summed E-state index contributed by atoms with van der Waals surface area (Å²) in [7, 11) is 1.82. The first kappa shape index (κ1) is 13.9. The zero-order valence-corrected chi connectivity index (χ0v) is 12.2. The largest absolute Gasteiger partial charge is 0.464 e. The van der Waals surface area contributed by atoms with Gasteiger partial charge in [0.25, 0.3) is 0 Å². The first-order valence-corrected chi connectivity index (χ1v) is 6.67. The predicted molar refractivity (Wildman–Crippen MR) is 72.1 cm³/mol. The molecular weight excluding hydrogens is 268 g/mol. The molecule has 0 aliphatic carbocycles. The number of hydrogen-bond donors (Lipinski definition) is 0. The minimum atomic E-state index is -0.478. The van der Waals surface area contributed by atoms with Crippen LogP contribution in [0.4, 0.5) is 0 Å². The zero-order chi connectivity index (χ0) is 14.2. The Bertz CT molecular complexity index is 617. The summed E-state index contributed by atoms with van der Waals surface area (Å²) in [6, 6.07) is -0.478. The molecule has 2 aromatic rings. The van der Waals surface area contributed by atoms with Crippen LogP contribution in [-0.4, -0.2) is 31.9 Å². The normalized spacial score (nSPS) is 12.9. The van der Waals surface area contributed by atoms with Crippen LogP contribution in [0.2, 0.25) is 0 Å². The zero-order valence-electron chi connectivity index (χ0n) is 11.5. The summed E-state index contributed by atoms with van der Waals surface area (Å²) in [5.41, 5.74) is 2.38. The number of aryl methyl sites for hydroxylation is 2. The molecule has 0 N–H and O–H groups in total. The monoisotopic (exact) mass is 284 g/mol. The van der Waals surface area contributed by atoms with Crippen LogP contribution in [0.5, 0.6) is 0 Å². The summed E-state index contributed by atoms with van der Waals surface area (Å²) in [6.45, 7) is 5.79. The van der Waals surface area contributed by atoms with Crippen molar-refractivity contribution in [1.29, 1.82) is 0 Å². The van der Waals surface area contributed by atoms with Crippen LogP contribution in [0.1, 0.15) is 31.4 Å². The third-order valence-electron chi connectivity index (χ3n) is 3.04. The van der Waals surface area contributed by atoms with E-state index in [0.717, 1.165) is 16.9 Å². The van der Waals surface area contributed by atoms with Crippen molar-refractivity contribution in [2.75, 3.05) is 6.61 Å². The molecule has 0 aliphatic rings. The molecule has 0 saturated carbocycles. The lowest BCUT2D eigenvalue weighted by atomic mass is 10.3. The molecule has 1 atom stereocenters. The number of ether oxygens (including phenoxy) is 1. The van der Waals surface area contributed by atoms with E-state index < -0.39 is 6.04 Å². The van der Waals surface area contributed by atoms with E-state index >= 15 is 0 Å². The van der Waals surface area contributed by atoms with Gasteiger partial charge in [0.2, 0.25) is 0 Å². The molecule has 2 aromatic heterocycles. The quantitative estimate of drug-likeness (QED) is 0.636. The summed E-state index contributed by atoms with van der Waals surface area (Å²) in [6.07, 6.45) is 0. The Balaban J connectivity index is 2.60. The molecule has 104 valence electrons. The molecule has 2 heterocycles. The van der Waals surface area contributed by atoms with Gasteiger partial charge in [-0.25, -0.2) is 9.78 Å². The fourth-order valence-corrected chi connectivity index (χ4v) is 2.40. The van der Waals surface area contributed by atoms with Crippen molar-refractivity contribution >= 4 is 28.7 Å². The molecule has 0 saturated heterocycles. The maximum atomic E-state index is 11.9. The number of esters is 1. The van der Waals surface area contributed by atoms with Crippen molar-refractivity contribution < 1.29 is 9.53 Å². The number of rotatable bonds is 4. The number of nitrogens with zero attached hydrogens (tertiary/aromatic N) is 4. The number of carbonyl (C=O) groups is 1. The van der Waals surface area contributed by atoms with E-state index in [-0.39, 0.29) is 11.8 Å². The van der Waals surface area contributed by atoms with E-state index in [2.05, 4.69) is 10.1 Å². The van der Waals surface area contributed by atoms with E-state index in [0.29, 0.717) is 12.4 Å². The third kappa shape index (κ3) is 2.20. The van der Waals surface area contributed by atoms with Crippen molar-refractivity contribution in [2.24, 2.45) is 7.05 Å². The Labute approximate surface area is 116 Å². The fraction of sp³-hybridized carbons (Fsp3) is 0.583. The van der Waals surface area contributed by atoms with Gasteiger partial charge in [-0.1, -0.05) is 0 Å². The lowest BCUT2D eigenvalue weighted by Crippen LogP contribution is -2.21. The van der Waals surface area contributed by atoms with Gasteiger partial charge >= 0.3 is 5.97 Å². The maximum Gasteiger partial charge on any atom is 0.328 e. The first-order valence-electron chi connectivity index (χ1n) is 6.14.